The number of Topliss-reactive ketones (excluding diaryl/α,β-unsaturated/α-hetero) is 1. The summed E-state index contributed by atoms with van der Waals surface area (Å²) in [6.45, 7) is -0.539. The predicted molar refractivity (Wildman–Crippen MR) is 83.5 cm³/mol. The summed E-state index contributed by atoms with van der Waals surface area (Å²) in [4.78, 5) is 33.7. The number of esters is 1. The minimum absolute atomic E-state index is 0.351. The van der Waals surface area contributed by atoms with Gasteiger partial charge in [-0.3, -0.25) is 14.9 Å². The molecular formula is C15H10BrNO6. The fourth-order valence-electron chi connectivity index (χ4n) is 1.73. The van der Waals surface area contributed by atoms with Crippen LogP contribution in [0.3, 0.4) is 0 Å². The zero-order chi connectivity index (χ0) is 17.0. The van der Waals surface area contributed by atoms with Gasteiger partial charge in [-0.05, 0) is 18.2 Å². The molecule has 23 heavy (non-hydrogen) atoms. The Labute approximate surface area is 138 Å². The van der Waals surface area contributed by atoms with E-state index >= 15 is 0 Å². The third-order valence-corrected chi connectivity index (χ3v) is 3.44. The Kier molecular flexibility index (Phi) is 5.07. The highest BCUT2D eigenvalue weighted by Gasteiger charge is 2.19. The van der Waals surface area contributed by atoms with Crippen LogP contribution in [0.2, 0.25) is 0 Å². The van der Waals surface area contributed by atoms with Crippen molar-refractivity contribution in [1.82, 2.24) is 0 Å². The van der Waals surface area contributed by atoms with Crippen LogP contribution in [-0.2, 0) is 4.74 Å². The molecule has 2 aromatic rings. The van der Waals surface area contributed by atoms with Gasteiger partial charge in [0.2, 0.25) is 0 Å². The van der Waals surface area contributed by atoms with Crippen molar-refractivity contribution in [2.24, 2.45) is 0 Å². The Morgan fingerprint density at radius 1 is 1.17 bits per heavy atom. The third-order valence-electron chi connectivity index (χ3n) is 2.91. The molecule has 0 heterocycles. The first-order valence-corrected chi connectivity index (χ1v) is 7.11. The van der Waals surface area contributed by atoms with Gasteiger partial charge < -0.3 is 9.84 Å². The molecule has 0 unspecified atom stereocenters. The fourth-order valence-corrected chi connectivity index (χ4v) is 1.99. The Morgan fingerprint density at radius 2 is 1.83 bits per heavy atom. The molecule has 118 valence electrons. The van der Waals surface area contributed by atoms with E-state index in [1.807, 2.05) is 0 Å². The van der Waals surface area contributed by atoms with Crippen LogP contribution < -0.4 is 0 Å². The number of carbonyl (C=O) groups excluding carboxylic acids is 2. The molecule has 0 atom stereocenters. The number of non-ortho nitro benzene ring substituents is 1. The van der Waals surface area contributed by atoms with Gasteiger partial charge in [-0.25, -0.2) is 4.79 Å². The summed E-state index contributed by atoms with van der Waals surface area (Å²) < 4.78 is 5.61. The number of ether oxygens (including phenoxy) is 1. The summed E-state index contributed by atoms with van der Waals surface area (Å²) in [5.74, 6) is -1.91. The molecule has 0 radical (unpaired) electrons. The molecule has 0 aliphatic rings. The number of ketones is 1. The number of hydrogen-bond donors (Lipinski definition) is 1. The molecule has 0 fully saturated rings. The third kappa shape index (κ3) is 4.13. The summed E-state index contributed by atoms with van der Waals surface area (Å²) in [5, 5.41) is 20.3. The summed E-state index contributed by atoms with van der Waals surface area (Å²) in [6.07, 6.45) is 0. The van der Waals surface area contributed by atoms with Crippen molar-refractivity contribution in [3.8, 4) is 5.75 Å². The van der Waals surface area contributed by atoms with Crippen molar-refractivity contribution >= 4 is 33.4 Å². The van der Waals surface area contributed by atoms with E-state index in [-0.39, 0.29) is 11.3 Å². The topological polar surface area (TPSA) is 107 Å². The zero-order valence-electron chi connectivity index (χ0n) is 11.6. The molecule has 0 aromatic heterocycles. The van der Waals surface area contributed by atoms with Crippen molar-refractivity contribution in [2.45, 2.75) is 0 Å². The Morgan fingerprint density at radius 3 is 2.43 bits per heavy atom. The monoisotopic (exact) mass is 379 g/mol. The molecular weight excluding hydrogens is 370 g/mol. The number of phenolic OH excluding ortho intramolecular Hbond substituents is 1. The van der Waals surface area contributed by atoms with Crippen molar-refractivity contribution < 1.29 is 24.4 Å². The summed E-state index contributed by atoms with van der Waals surface area (Å²) >= 11 is 3.23. The Bertz CT molecular complexity index is 772. The number of nitro groups is 1. The molecule has 2 aromatic carbocycles. The molecule has 0 spiro atoms. The van der Waals surface area contributed by atoms with E-state index in [0.717, 1.165) is 22.7 Å². The highest BCUT2D eigenvalue weighted by Crippen LogP contribution is 2.23. The number of halogens is 1. The van der Waals surface area contributed by atoms with Gasteiger partial charge in [0.1, 0.15) is 11.3 Å². The molecule has 0 amide bonds. The number of carbonyl (C=O) groups is 2. The maximum Gasteiger partial charge on any atom is 0.342 e. The number of benzene rings is 2. The highest BCUT2D eigenvalue weighted by molar-refractivity contribution is 9.10. The van der Waals surface area contributed by atoms with Crippen LogP contribution in [-0.4, -0.2) is 28.4 Å². The lowest BCUT2D eigenvalue weighted by atomic mass is 10.1. The molecule has 0 aliphatic heterocycles. The molecule has 8 heteroatoms. The molecule has 0 aliphatic carbocycles. The first kappa shape index (κ1) is 16.6. The lowest BCUT2D eigenvalue weighted by Gasteiger charge is -2.06. The highest BCUT2D eigenvalue weighted by atomic mass is 79.9. The average Bonchev–Trinajstić information content (AvgIpc) is 2.53. The van der Waals surface area contributed by atoms with Gasteiger partial charge in [0.05, 0.1) is 4.92 Å². The maximum absolute atomic E-state index is 11.9. The van der Waals surface area contributed by atoms with Gasteiger partial charge in [0.15, 0.2) is 12.4 Å². The molecule has 7 nitrogen and oxygen atoms in total. The minimum Gasteiger partial charge on any atom is -0.507 e. The van der Waals surface area contributed by atoms with Gasteiger partial charge in [0.25, 0.3) is 5.69 Å². The fraction of sp³-hybridized carbons (Fsp3) is 0.0667. The number of nitrogens with zero attached hydrogens (tertiary/aromatic N) is 1. The number of hydrogen-bond acceptors (Lipinski definition) is 6. The van der Waals surface area contributed by atoms with Crippen molar-refractivity contribution in [2.75, 3.05) is 6.61 Å². The van der Waals surface area contributed by atoms with Crippen LogP contribution in [0.1, 0.15) is 20.7 Å². The van der Waals surface area contributed by atoms with Crippen molar-refractivity contribution in [3.63, 3.8) is 0 Å². The van der Waals surface area contributed by atoms with Crippen molar-refractivity contribution in [3.05, 3.63) is 68.2 Å². The Hall–Kier alpha value is -2.74. The SMILES string of the molecule is O=C(COC(=O)c1cc([N+](=O)[O-])ccc1O)c1ccc(Br)cc1. The largest absolute Gasteiger partial charge is 0.507 e. The summed E-state index contributed by atoms with van der Waals surface area (Å²) in [5.41, 5.74) is -0.388. The van der Waals surface area contributed by atoms with E-state index in [2.05, 4.69) is 15.9 Å². The maximum atomic E-state index is 11.9. The van der Waals surface area contributed by atoms with Crippen LogP contribution in [0.15, 0.2) is 46.9 Å². The van der Waals surface area contributed by atoms with Crippen LogP contribution in [0.4, 0.5) is 5.69 Å². The lowest BCUT2D eigenvalue weighted by Crippen LogP contribution is -2.14. The van der Waals surface area contributed by atoms with Crippen LogP contribution in [0.5, 0.6) is 5.75 Å². The van der Waals surface area contributed by atoms with Crippen LogP contribution in [0, 0.1) is 10.1 Å². The van der Waals surface area contributed by atoms with E-state index in [1.54, 1.807) is 24.3 Å². The predicted octanol–water partition coefficient (Wildman–Crippen LogP) is 3.10. The summed E-state index contributed by atoms with van der Waals surface area (Å²) in [7, 11) is 0. The zero-order valence-corrected chi connectivity index (χ0v) is 13.1. The molecule has 0 saturated heterocycles. The minimum atomic E-state index is -1.02. The van der Waals surface area contributed by atoms with Gasteiger partial charge in [0, 0.05) is 22.2 Å². The van der Waals surface area contributed by atoms with Gasteiger partial charge >= 0.3 is 5.97 Å². The number of rotatable bonds is 5. The van der Waals surface area contributed by atoms with E-state index < -0.39 is 29.0 Å². The van der Waals surface area contributed by atoms with E-state index in [4.69, 9.17) is 4.74 Å². The van der Waals surface area contributed by atoms with Gasteiger partial charge in [-0.2, -0.15) is 0 Å². The second-order valence-electron chi connectivity index (χ2n) is 4.46. The average molecular weight is 380 g/mol. The molecule has 1 N–H and O–H groups in total. The van der Waals surface area contributed by atoms with E-state index in [9.17, 15) is 24.8 Å². The second-order valence-corrected chi connectivity index (χ2v) is 5.38. The smallest absolute Gasteiger partial charge is 0.342 e. The van der Waals surface area contributed by atoms with E-state index in [1.165, 1.54) is 0 Å². The van der Waals surface area contributed by atoms with Crippen LogP contribution >= 0.6 is 15.9 Å². The first-order chi connectivity index (χ1) is 10.9. The first-order valence-electron chi connectivity index (χ1n) is 6.32. The van der Waals surface area contributed by atoms with Gasteiger partial charge in [-0.1, -0.05) is 28.1 Å². The molecule has 0 bridgehead atoms. The number of phenols is 1. The number of nitro benzene ring substituents is 1. The van der Waals surface area contributed by atoms with Crippen LogP contribution in [0.25, 0.3) is 0 Å². The normalized spacial score (nSPS) is 10.1. The molecule has 2 rings (SSSR count). The van der Waals surface area contributed by atoms with Gasteiger partial charge in [-0.15, -0.1) is 0 Å². The standard InChI is InChI=1S/C15H10BrNO6/c16-10-3-1-9(2-4-10)14(19)8-23-15(20)12-7-11(17(21)22)5-6-13(12)18/h1-7,18H,8H2. The second kappa shape index (κ2) is 7.01. The Balaban J connectivity index is 2.07. The quantitative estimate of drug-likeness (QED) is 0.370. The lowest BCUT2D eigenvalue weighted by molar-refractivity contribution is -0.384. The van der Waals surface area contributed by atoms with Crippen molar-refractivity contribution in [1.29, 1.82) is 0 Å². The van der Waals surface area contributed by atoms with E-state index in [0.29, 0.717) is 5.56 Å². The number of aromatic hydroxyl groups is 1. The summed E-state index contributed by atoms with van der Waals surface area (Å²) in [6, 6.07) is 9.42. The molecule has 0 saturated carbocycles.